The average Bonchev–Trinajstić information content (AvgIpc) is 3.38. The molecule has 1 rings (SSSR count). The summed E-state index contributed by atoms with van der Waals surface area (Å²) >= 11 is 0. The average molecular weight is 374 g/mol. The Morgan fingerprint density at radius 3 is 2.42 bits per heavy atom. The van der Waals surface area contributed by atoms with Crippen LogP contribution in [0.25, 0.3) is 0 Å². The van der Waals surface area contributed by atoms with Gasteiger partial charge in [0.15, 0.2) is 11.6 Å². The molecule has 0 aliphatic heterocycles. The molecule has 0 unspecified atom stereocenters. The molecule has 10 heteroatoms. The molecular formula is C16H22F4N6. The Bertz CT molecular complexity index is 602. The van der Waals surface area contributed by atoms with Gasteiger partial charge in [-0.2, -0.15) is 13.2 Å². The summed E-state index contributed by atoms with van der Waals surface area (Å²) < 4.78 is 51.1. The first kappa shape index (κ1) is 21.7. The summed E-state index contributed by atoms with van der Waals surface area (Å²) in [5.41, 5.74) is 0.409. The van der Waals surface area contributed by atoms with Crippen molar-refractivity contribution in [3.05, 3.63) is 23.4 Å². The molecule has 144 valence electrons. The highest BCUT2D eigenvalue weighted by Crippen LogP contribution is 2.28. The number of hydrogen-bond acceptors (Lipinski definition) is 5. The summed E-state index contributed by atoms with van der Waals surface area (Å²) in [7, 11) is 1.52. The zero-order valence-electron chi connectivity index (χ0n) is 14.5. The van der Waals surface area contributed by atoms with Crippen molar-refractivity contribution in [1.29, 1.82) is 0 Å². The van der Waals surface area contributed by atoms with Gasteiger partial charge in [0.25, 0.3) is 0 Å². The summed E-state index contributed by atoms with van der Waals surface area (Å²) in [6, 6.07) is 0.143. The normalized spacial score (nSPS) is 17.1. The van der Waals surface area contributed by atoms with E-state index < -0.39 is 18.5 Å². The van der Waals surface area contributed by atoms with Gasteiger partial charge >= 0.3 is 6.18 Å². The van der Waals surface area contributed by atoms with Crippen LogP contribution in [-0.4, -0.2) is 69.8 Å². The smallest absolute Gasteiger partial charge is 0.371 e. The second-order valence-corrected chi connectivity index (χ2v) is 5.54. The third-order valence-corrected chi connectivity index (χ3v) is 3.34. The van der Waals surface area contributed by atoms with E-state index in [-0.39, 0.29) is 25.0 Å². The van der Waals surface area contributed by atoms with Crippen molar-refractivity contribution in [2.45, 2.75) is 25.1 Å². The van der Waals surface area contributed by atoms with Crippen LogP contribution >= 0.6 is 0 Å². The maximum absolute atomic E-state index is 14.4. The minimum Gasteiger partial charge on any atom is -0.371 e. The molecule has 0 aromatic rings. The Morgan fingerprint density at radius 2 is 1.92 bits per heavy atom. The van der Waals surface area contributed by atoms with E-state index in [1.165, 1.54) is 13.2 Å². The molecule has 1 aliphatic rings. The van der Waals surface area contributed by atoms with Gasteiger partial charge in [0.05, 0.1) is 6.54 Å². The number of halogens is 4. The lowest BCUT2D eigenvalue weighted by atomic mass is 10.2. The van der Waals surface area contributed by atoms with Crippen LogP contribution in [0.3, 0.4) is 0 Å². The van der Waals surface area contributed by atoms with Crippen molar-refractivity contribution >= 4 is 26.0 Å². The van der Waals surface area contributed by atoms with Crippen molar-refractivity contribution in [3.8, 4) is 0 Å². The Balaban J connectivity index is 2.86. The number of nitrogens with zero attached hydrogens (tertiary/aromatic N) is 5. The van der Waals surface area contributed by atoms with Crippen molar-refractivity contribution in [2.24, 2.45) is 20.0 Å². The van der Waals surface area contributed by atoms with E-state index in [0.717, 1.165) is 25.4 Å². The van der Waals surface area contributed by atoms with E-state index in [1.54, 1.807) is 4.90 Å². The molecule has 0 radical (unpaired) electrons. The number of nitrogens with one attached hydrogen (secondary N) is 1. The molecule has 0 atom stereocenters. The van der Waals surface area contributed by atoms with E-state index >= 15 is 0 Å². The maximum Gasteiger partial charge on any atom is 0.407 e. The molecule has 26 heavy (non-hydrogen) atoms. The van der Waals surface area contributed by atoms with E-state index in [1.807, 2.05) is 0 Å². The molecule has 1 aliphatic carbocycles. The summed E-state index contributed by atoms with van der Waals surface area (Å²) in [5, 5.41) is 2.63. The van der Waals surface area contributed by atoms with Crippen LogP contribution in [0.5, 0.6) is 0 Å². The third kappa shape index (κ3) is 8.65. The van der Waals surface area contributed by atoms with E-state index in [2.05, 4.69) is 38.7 Å². The largest absolute Gasteiger partial charge is 0.407 e. The van der Waals surface area contributed by atoms with E-state index in [0.29, 0.717) is 5.57 Å². The first-order valence-electron chi connectivity index (χ1n) is 7.81. The van der Waals surface area contributed by atoms with Gasteiger partial charge in [-0.1, -0.05) is 0 Å². The molecule has 0 saturated heterocycles. The fourth-order valence-corrected chi connectivity index (χ4v) is 2.11. The first-order chi connectivity index (χ1) is 12.3. The van der Waals surface area contributed by atoms with Gasteiger partial charge in [-0.25, -0.2) is 9.38 Å². The molecule has 0 spiro atoms. The van der Waals surface area contributed by atoms with Crippen LogP contribution in [0.1, 0.15) is 12.8 Å². The molecule has 0 aromatic heterocycles. The van der Waals surface area contributed by atoms with Crippen molar-refractivity contribution < 1.29 is 17.6 Å². The van der Waals surface area contributed by atoms with Gasteiger partial charge in [-0.3, -0.25) is 19.9 Å². The molecule has 0 aromatic carbocycles. The lowest BCUT2D eigenvalue weighted by Gasteiger charge is -2.21. The van der Waals surface area contributed by atoms with Gasteiger partial charge in [0.1, 0.15) is 12.9 Å². The Hall–Kier alpha value is -2.36. The summed E-state index contributed by atoms with van der Waals surface area (Å²) in [6.45, 7) is 5.38. The van der Waals surface area contributed by atoms with Crippen LogP contribution < -0.4 is 5.32 Å². The molecule has 1 fully saturated rings. The standard InChI is InChI=1S/C16H22F4N6/c1-21-6-12(7-24-10-16(18,19)20)8-26(13-4-5-13)9-14(17)15(23-3)25-11-22-2/h6-7,11,13,23H,1-2,4-5,8-10H2,3H3/b12-6+,15-14+,24-7?,25-11-. The third-order valence-electron chi connectivity index (χ3n) is 3.34. The molecule has 0 amide bonds. The van der Waals surface area contributed by atoms with Crippen LogP contribution in [0.15, 0.2) is 43.4 Å². The fourth-order valence-electron chi connectivity index (χ4n) is 2.11. The predicted molar refractivity (Wildman–Crippen MR) is 96.9 cm³/mol. The highest BCUT2D eigenvalue weighted by atomic mass is 19.4. The van der Waals surface area contributed by atoms with Gasteiger partial charge in [-0.15, -0.1) is 0 Å². The number of rotatable bonds is 11. The molecule has 6 nitrogen and oxygen atoms in total. The lowest BCUT2D eigenvalue weighted by molar-refractivity contribution is -0.118. The SMILES string of the molecule is C=N/C=N\C(NC)=C(\F)CN(C/C(C=NCC(F)(F)F)=C/N=C)C1CC1. The quantitative estimate of drug-likeness (QED) is 0.343. The summed E-state index contributed by atoms with van der Waals surface area (Å²) in [5.74, 6) is -0.501. The fraction of sp³-hybridized carbons (Fsp3) is 0.500. The molecular weight excluding hydrogens is 352 g/mol. The van der Waals surface area contributed by atoms with Crippen LogP contribution in [0.4, 0.5) is 17.6 Å². The zero-order valence-corrected chi connectivity index (χ0v) is 14.5. The van der Waals surface area contributed by atoms with E-state index in [4.69, 9.17) is 0 Å². The summed E-state index contributed by atoms with van der Waals surface area (Å²) in [6.07, 6.45) is 0.909. The Morgan fingerprint density at radius 1 is 1.23 bits per heavy atom. The van der Waals surface area contributed by atoms with Crippen molar-refractivity contribution in [1.82, 2.24) is 10.2 Å². The Labute approximate surface area is 149 Å². The van der Waals surface area contributed by atoms with Gasteiger partial charge < -0.3 is 5.32 Å². The number of aliphatic imine (C=N–C) groups is 4. The van der Waals surface area contributed by atoms with Gasteiger partial charge in [-0.05, 0) is 26.3 Å². The second kappa shape index (κ2) is 10.6. The summed E-state index contributed by atoms with van der Waals surface area (Å²) in [4.78, 5) is 16.0. The molecule has 0 bridgehead atoms. The topological polar surface area (TPSA) is 64.7 Å². The van der Waals surface area contributed by atoms with Crippen molar-refractivity contribution in [2.75, 3.05) is 26.7 Å². The van der Waals surface area contributed by atoms with Crippen LogP contribution in [0, 0.1) is 0 Å². The highest BCUT2D eigenvalue weighted by Gasteiger charge is 2.30. The first-order valence-corrected chi connectivity index (χ1v) is 7.81. The predicted octanol–water partition coefficient (Wildman–Crippen LogP) is 2.76. The zero-order chi connectivity index (χ0) is 19.6. The highest BCUT2D eigenvalue weighted by molar-refractivity contribution is 5.79. The number of hydrogen-bond donors (Lipinski definition) is 1. The second-order valence-electron chi connectivity index (χ2n) is 5.54. The Kier molecular flexibility index (Phi) is 8.83. The van der Waals surface area contributed by atoms with Crippen molar-refractivity contribution in [3.63, 3.8) is 0 Å². The van der Waals surface area contributed by atoms with Crippen LogP contribution in [0.2, 0.25) is 0 Å². The maximum atomic E-state index is 14.4. The number of alkyl halides is 3. The molecule has 1 N–H and O–H groups in total. The monoisotopic (exact) mass is 374 g/mol. The van der Waals surface area contributed by atoms with Gasteiger partial charge in [0, 0.05) is 37.6 Å². The minimum atomic E-state index is -4.38. The van der Waals surface area contributed by atoms with E-state index in [9.17, 15) is 17.6 Å². The van der Waals surface area contributed by atoms with Crippen LogP contribution in [-0.2, 0) is 0 Å². The molecule has 1 saturated carbocycles. The molecule has 0 heterocycles. The lowest BCUT2D eigenvalue weighted by Crippen LogP contribution is -2.31. The minimum absolute atomic E-state index is 0.0150. The van der Waals surface area contributed by atoms with Gasteiger partial charge in [0.2, 0.25) is 0 Å².